The Morgan fingerprint density at radius 3 is 2.85 bits per heavy atom. The number of esters is 1. The first-order chi connectivity index (χ1) is 12.5. The zero-order valence-electron chi connectivity index (χ0n) is 14.3. The highest BCUT2D eigenvalue weighted by molar-refractivity contribution is 7.18. The molecule has 6 heteroatoms. The molecule has 4 rings (SSSR count). The highest BCUT2D eigenvalue weighted by Crippen LogP contribution is 2.28. The molecule has 26 heavy (non-hydrogen) atoms. The molecule has 132 valence electrons. The first-order valence-electron chi connectivity index (χ1n) is 8.49. The molecule has 1 unspecified atom stereocenters. The Kier molecular flexibility index (Phi) is 4.20. The molecule has 1 aliphatic heterocycles. The topological polar surface area (TPSA) is 68.3 Å². The van der Waals surface area contributed by atoms with Crippen molar-refractivity contribution in [2.45, 2.75) is 25.4 Å². The number of amides is 1. The lowest BCUT2D eigenvalue weighted by molar-refractivity contribution is -0.139. The van der Waals surface area contributed by atoms with Crippen LogP contribution in [0.15, 0.2) is 48.5 Å². The summed E-state index contributed by atoms with van der Waals surface area (Å²) in [4.78, 5) is 29.4. The average molecular weight is 366 g/mol. The van der Waals surface area contributed by atoms with Crippen LogP contribution >= 0.6 is 11.3 Å². The van der Waals surface area contributed by atoms with E-state index in [4.69, 9.17) is 4.74 Å². The summed E-state index contributed by atoms with van der Waals surface area (Å²) < 4.78 is 6.59. The molecule has 0 aliphatic carbocycles. The number of benzene rings is 2. The number of para-hydroxylation sites is 1. The molecule has 0 bridgehead atoms. The molecule has 0 radical (unpaired) electrons. The summed E-state index contributed by atoms with van der Waals surface area (Å²) in [5.41, 5.74) is 1.17. The van der Waals surface area contributed by atoms with E-state index in [1.807, 2.05) is 36.4 Å². The van der Waals surface area contributed by atoms with Crippen molar-refractivity contribution in [1.29, 1.82) is 0 Å². The van der Waals surface area contributed by atoms with E-state index >= 15 is 0 Å². The van der Waals surface area contributed by atoms with Gasteiger partial charge in [0.1, 0.15) is 0 Å². The van der Waals surface area contributed by atoms with Crippen LogP contribution in [-0.4, -0.2) is 29.0 Å². The summed E-state index contributed by atoms with van der Waals surface area (Å²) in [7, 11) is 0. The molecule has 2 heterocycles. The number of fused-ring (bicyclic) bond motifs is 2. The van der Waals surface area contributed by atoms with Gasteiger partial charge in [-0.2, -0.15) is 0 Å². The lowest BCUT2D eigenvalue weighted by Crippen LogP contribution is -2.52. The van der Waals surface area contributed by atoms with Crippen LogP contribution in [0.2, 0.25) is 0 Å². The zero-order valence-corrected chi connectivity index (χ0v) is 15.1. The predicted octanol–water partition coefficient (Wildman–Crippen LogP) is 3.13. The number of aromatic nitrogens is 1. The summed E-state index contributed by atoms with van der Waals surface area (Å²) in [6, 6.07) is 15.2. The molecular formula is C20H18N2O3S. The SMILES string of the molecule is CC1(C(=O)NCCc2nc3ccccc3s2)Cc2ccccc2C(=O)O1. The minimum absolute atomic E-state index is 0.276. The molecule has 3 aromatic rings. The Balaban J connectivity index is 1.41. The molecule has 1 N–H and O–H groups in total. The lowest BCUT2D eigenvalue weighted by atomic mass is 9.89. The van der Waals surface area contributed by atoms with Gasteiger partial charge in [0.25, 0.3) is 5.91 Å². The monoisotopic (exact) mass is 366 g/mol. The highest BCUT2D eigenvalue weighted by Gasteiger charge is 2.42. The van der Waals surface area contributed by atoms with E-state index in [0.717, 1.165) is 20.8 Å². The summed E-state index contributed by atoms with van der Waals surface area (Å²) in [5.74, 6) is -0.725. The standard InChI is InChI=1S/C20H18N2O3S/c1-20(12-13-6-2-3-7-14(13)18(23)25-20)19(24)21-11-10-17-22-15-8-4-5-9-16(15)26-17/h2-9H,10-12H2,1H3,(H,21,24). The fraction of sp³-hybridized carbons (Fsp3) is 0.250. The van der Waals surface area contributed by atoms with E-state index in [1.54, 1.807) is 30.4 Å². The van der Waals surface area contributed by atoms with E-state index in [0.29, 0.717) is 24.9 Å². The van der Waals surface area contributed by atoms with Crippen LogP contribution in [0.3, 0.4) is 0 Å². The fourth-order valence-electron chi connectivity index (χ4n) is 3.16. The van der Waals surface area contributed by atoms with Gasteiger partial charge in [-0.05, 0) is 30.7 Å². The van der Waals surface area contributed by atoms with Crippen molar-refractivity contribution < 1.29 is 14.3 Å². The number of cyclic esters (lactones) is 1. The van der Waals surface area contributed by atoms with Gasteiger partial charge in [0.05, 0.1) is 20.8 Å². The molecule has 1 amide bonds. The van der Waals surface area contributed by atoms with Crippen molar-refractivity contribution in [1.82, 2.24) is 10.3 Å². The van der Waals surface area contributed by atoms with Crippen molar-refractivity contribution in [3.05, 3.63) is 64.7 Å². The third-order valence-electron chi connectivity index (χ3n) is 4.53. The van der Waals surface area contributed by atoms with Crippen LogP contribution < -0.4 is 5.32 Å². The smallest absolute Gasteiger partial charge is 0.339 e. The molecule has 2 aromatic carbocycles. The third kappa shape index (κ3) is 3.08. The van der Waals surface area contributed by atoms with E-state index in [2.05, 4.69) is 10.3 Å². The van der Waals surface area contributed by atoms with Gasteiger partial charge in [-0.3, -0.25) is 4.79 Å². The lowest BCUT2D eigenvalue weighted by Gasteiger charge is -2.33. The Labute approximate surface area is 155 Å². The van der Waals surface area contributed by atoms with Crippen molar-refractivity contribution in [2.24, 2.45) is 0 Å². The molecule has 0 saturated carbocycles. The second kappa shape index (κ2) is 6.53. The predicted molar refractivity (Wildman–Crippen MR) is 100 cm³/mol. The number of carbonyl (C=O) groups is 2. The van der Waals surface area contributed by atoms with Gasteiger partial charge < -0.3 is 10.1 Å². The van der Waals surface area contributed by atoms with Gasteiger partial charge in [-0.1, -0.05) is 30.3 Å². The van der Waals surface area contributed by atoms with E-state index in [-0.39, 0.29) is 5.91 Å². The number of nitrogens with zero attached hydrogens (tertiary/aromatic N) is 1. The Morgan fingerprint density at radius 2 is 2.00 bits per heavy atom. The van der Waals surface area contributed by atoms with E-state index < -0.39 is 11.6 Å². The van der Waals surface area contributed by atoms with Crippen LogP contribution in [0.25, 0.3) is 10.2 Å². The molecule has 1 atom stereocenters. The van der Waals surface area contributed by atoms with Gasteiger partial charge in [-0.25, -0.2) is 9.78 Å². The number of thiazole rings is 1. The maximum Gasteiger partial charge on any atom is 0.339 e. The van der Waals surface area contributed by atoms with Crippen LogP contribution in [0.1, 0.15) is 27.9 Å². The first kappa shape index (κ1) is 16.7. The summed E-state index contributed by atoms with van der Waals surface area (Å²) in [5, 5.41) is 3.86. The number of carbonyl (C=O) groups excluding carboxylic acids is 2. The summed E-state index contributed by atoms with van der Waals surface area (Å²) >= 11 is 1.63. The maximum atomic E-state index is 12.6. The number of ether oxygens (including phenoxy) is 1. The van der Waals surface area contributed by atoms with Crippen molar-refractivity contribution in [3.8, 4) is 0 Å². The van der Waals surface area contributed by atoms with Crippen molar-refractivity contribution in [3.63, 3.8) is 0 Å². The van der Waals surface area contributed by atoms with Crippen LogP contribution in [-0.2, 0) is 22.4 Å². The molecule has 1 aliphatic rings. The molecule has 0 saturated heterocycles. The van der Waals surface area contributed by atoms with Gasteiger partial charge in [0.15, 0.2) is 5.60 Å². The largest absolute Gasteiger partial charge is 0.445 e. The molecule has 0 spiro atoms. The summed E-state index contributed by atoms with van der Waals surface area (Å²) in [6.45, 7) is 2.11. The van der Waals surface area contributed by atoms with Crippen LogP contribution in [0, 0.1) is 0 Å². The second-order valence-corrected chi connectivity index (χ2v) is 7.65. The quantitative estimate of drug-likeness (QED) is 0.721. The van der Waals surface area contributed by atoms with Gasteiger partial charge in [0, 0.05) is 19.4 Å². The molecule has 0 fully saturated rings. The fourth-order valence-corrected chi connectivity index (χ4v) is 4.12. The molecule has 1 aromatic heterocycles. The highest BCUT2D eigenvalue weighted by atomic mass is 32.1. The second-order valence-electron chi connectivity index (χ2n) is 6.54. The van der Waals surface area contributed by atoms with E-state index in [9.17, 15) is 9.59 Å². The average Bonchev–Trinajstić information content (AvgIpc) is 3.04. The maximum absolute atomic E-state index is 12.6. The number of nitrogens with one attached hydrogen (secondary N) is 1. The van der Waals surface area contributed by atoms with Gasteiger partial charge in [-0.15, -0.1) is 11.3 Å². The van der Waals surface area contributed by atoms with Crippen molar-refractivity contribution in [2.75, 3.05) is 6.54 Å². The first-order valence-corrected chi connectivity index (χ1v) is 9.31. The number of rotatable bonds is 4. The van der Waals surface area contributed by atoms with Crippen molar-refractivity contribution >= 4 is 33.4 Å². The number of hydrogen-bond donors (Lipinski definition) is 1. The van der Waals surface area contributed by atoms with E-state index in [1.165, 1.54) is 0 Å². The molecular weight excluding hydrogens is 348 g/mol. The molecule has 5 nitrogen and oxygen atoms in total. The van der Waals surface area contributed by atoms with Gasteiger partial charge >= 0.3 is 5.97 Å². The summed E-state index contributed by atoms with van der Waals surface area (Å²) in [6.07, 6.45) is 1.02. The van der Waals surface area contributed by atoms with Gasteiger partial charge in [0.2, 0.25) is 0 Å². The Morgan fingerprint density at radius 1 is 1.23 bits per heavy atom. The van der Waals surface area contributed by atoms with Crippen LogP contribution in [0.4, 0.5) is 0 Å². The Hall–Kier alpha value is -2.73. The third-order valence-corrected chi connectivity index (χ3v) is 5.62. The normalized spacial score (nSPS) is 19.0. The zero-order chi connectivity index (χ0) is 18.1. The number of hydrogen-bond acceptors (Lipinski definition) is 5. The minimum atomic E-state index is -1.18. The van der Waals surface area contributed by atoms with Crippen LogP contribution in [0.5, 0.6) is 0 Å². The minimum Gasteiger partial charge on any atom is -0.445 e. The Bertz CT molecular complexity index is 964.